The highest BCUT2D eigenvalue weighted by atomic mass is 32.1. The minimum Gasteiger partial charge on any atom is -0.505 e. The summed E-state index contributed by atoms with van der Waals surface area (Å²) in [6.07, 6.45) is 0. The number of aromatic nitrogens is 1. The molecule has 3 rings (SSSR count). The number of fused-ring (bicyclic) bond motifs is 1. The number of hydrogen-bond donors (Lipinski definition) is 2. The molecule has 3 aromatic rings. The summed E-state index contributed by atoms with van der Waals surface area (Å²) in [5.41, 5.74) is 6.77. The molecular formula is C12H8N2O2S2. The van der Waals surface area contributed by atoms with Gasteiger partial charge < -0.3 is 10.8 Å². The van der Waals surface area contributed by atoms with E-state index >= 15 is 0 Å². The second kappa shape index (κ2) is 4.08. The molecule has 0 spiro atoms. The molecule has 0 aliphatic heterocycles. The van der Waals surface area contributed by atoms with Crippen LogP contribution in [0.3, 0.4) is 0 Å². The fourth-order valence-corrected chi connectivity index (χ4v) is 3.34. The van der Waals surface area contributed by atoms with Gasteiger partial charge in [-0.3, -0.25) is 4.79 Å². The zero-order chi connectivity index (χ0) is 12.7. The summed E-state index contributed by atoms with van der Waals surface area (Å²) in [4.78, 5) is 15.5. The van der Waals surface area contributed by atoms with Gasteiger partial charge in [-0.2, -0.15) is 11.3 Å². The van der Waals surface area contributed by atoms with Crippen LogP contribution in [0.1, 0.15) is 10.5 Å². The number of amides is 1. The van der Waals surface area contributed by atoms with Gasteiger partial charge in [0.1, 0.15) is 0 Å². The SMILES string of the molecule is NC(=O)c1nc(-c2ccsc2)c2sccc2c1O. The predicted octanol–water partition coefficient (Wildman–Crippen LogP) is 2.83. The van der Waals surface area contributed by atoms with E-state index in [1.54, 1.807) is 17.4 Å². The Kier molecular flexibility index (Phi) is 2.53. The van der Waals surface area contributed by atoms with Gasteiger partial charge in [0.05, 0.1) is 10.4 Å². The highest BCUT2D eigenvalue weighted by molar-refractivity contribution is 7.17. The first-order valence-electron chi connectivity index (χ1n) is 5.11. The number of thiophene rings is 2. The average molecular weight is 276 g/mol. The molecule has 0 atom stereocenters. The standard InChI is InChI=1S/C12H8N2O2S2/c13-12(16)9-10(15)7-2-4-18-11(7)8(14-9)6-1-3-17-5-6/h1-5,15H,(H2,13,16). The number of pyridine rings is 1. The van der Waals surface area contributed by atoms with Gasteiger partial charge >= 0.3 is 0 Å². The van der Waals surface area contributed by atoms with Crippen molar-refractivity contribution in [3.63, 3.8) is 0 Å². The first kappa shape index (κ1) is 11.2. The maximum atomic E-state index is 11.3. The van der Waals surface area contributed by atoms with Gasteiger partial charge in [0.15, 0.2) is 11.4 Å². The molecule has 0 bridgehead atoms. The first-order valence-corrected chi connectivity index (χ1v) is 6.93. The third kappa shape index (κ3) is 1.58. The summed E-state index contributed by atoms with van der Waals surface area (Å²) in [6.45, 7) is 0. The van der Waals surface area contributed by atoms with Crippen LogP contribution in [-0.2, 0) is 0 Å². The highest BCUT2D eigenvalue weighted by Gasteiger charge is 2.18. The predicted molar refractivity (Wildman–Crippen MR) is 73.1 cm³/mol. The Bertz CT molecular complexity index is 732. The molecule has 0 saturated heterocycles. The Labute approximate surface area is 110 Å². The van der Waals surface area contributed by atoms with Crippen LogP contribution in [0, 0.1) is 0 Å². The van der Waals surface area contributed by atoms with E-state index in [1.807, 2.05) is 22.2 Å². The van der Waals surface area contributed by atoms with E-state index < -0.39 is 5.91 Å². The van der Waals surface area contributed by atoms with Crippen LogP contribution in [0.4, 0.5) is 0 Å². The highest BCUT2D eigenvalue weighted by Crippen LogP contribution is 2.38. The summed E-state index contributed by atoms with van der Waals surface area (Å²) < 4.78 is 0.857. The minimum absolute atomic E-state index is 0.0814. The number of carbonyl (C=O) groups is 1. The zero-order valence-corrected chi connectivity index (χ0v) is 10.7. The van der Waals surface area contributed by atoms with Crippen molar-refractivity contribution >= 4 is 38.7 Å². The molecule has 0 radical (unpaired) electrons. The van der Waals surface area contributed by atoms with E-state index in [0.717, 1.165) is 10.3 Å². The van der Waals surface area contributed by atoms with Crippen molar-refractivity contribution in [1.82, 2.24) is 4.98 Å². The first-order chi connectivity index (χ1) is 8.68. The molecule has 0 aliphatic rings. The fraction of sp³-hybridized carbons (Fsp3) is 0. The molecule has 4 nitrogen and oxygen atoms in total. The molecule has 18 heavy (non-hydrogen) atoms. The third-order valence-corrected chi connectivity index (χ3v) is 4.22. The van der Waals surface area contributed by atoms with Crippen molar-refractivity contribution in [2.24, 2.45) is 5.73 Å². The second-order valence-electron chi connectivity index (χ2n) is 3.70. The van der Waals surface area contributed by atoms with Crippen molar-refractivity contribution in [3.05, 3.63) is 34.0 Å². The summed E-state index contributed by atoms with van der Waals surface area (Å²) in [6, 6.07) is 3.69. The van der Waals surface area contributed by atoms with E-state index in [4.69, 9.17) is 5.73 Å². The maximum absolute atomic E-state index is 11.3. The van der Waals surface area contributed by atoms with Gasteiger partial charge in [-0.15, -0.1) is 11.3 Å². The van der Waals surface area contributed by atoms with Crippen LogP contribution >= 0.6 is 22.7 Å². The molecule has 0 saturated carbocycles. The topological polar surface area (TPSA) is 76.2 Å². The quantitative estimate of drug-likeness (QED) is 0.755. The van der Waals surface area contributed by atoms with Gasteiger partial charge in [0, 0.05) is 16.3 Å². The van der Waals surface area contributed by atoms with Crippen LogP contribution in [0.2, 0.25) is 0 Å². The number of aromatic hydroxyl groups is 1. The molecule has 0 unspecified atom stereocenters. The number of nitrogens with zero attached hydrogens (tertiary/aromatic N) is 1. The fourth-order valence-electron chi connectivity index (χ4n) is 1.79. The molecule has 3 heterocycles. The Balaban J connectivity index is 2.41. The lowest BCUT2D eigenvalue weighted by Crippen LogP contribution is -2.13. The Hall–Kier alpha value is -1.92. The number of rotatable bonds is 2. The molecule has 3 N–H and O–H groups in total. The van der Waals surface area contributed by atoms with Crippen LogP contribution in [0.5, 0.6) is 5.75 Å². The summed E-state index contributed by atoms with van der Waals surface area (Å²) >= 11 is 3.03. The normalized spacial score (nSPS) is 10.9. The monoisotopic (exact) mass is 276 g/mol. The van der Waals surface area contributed by atoms with Gasteiger partial charge in [-0.25, -0.2) is 4.98 Å². The largest absolute Gasteiger partial charge is 0.505 e. The lowest BCUT2D eigenvalue weighted by molar-refractivity contribution is 0.0993. The molecule has 3 aromatic heterocycles. The van der Waals surface area contributed by atoms with Crippen molar-refractivity contribution in [3.8, 4) is 17.0 Å². The molecule has 0 aromatic carbocycles. The molecule has 6 heteroatoms. The van der Waals surface area contributed by atoms with Crippen molar-refractivity contribution < 1.29 is 9.90 Å². The average Bonchev–Trinajstić information content (AvgIpc) is 3.00. The molecule has 90 valence electrons. The van der Waals surface area contributed by atoms with Gasteiger partial charge in [0.25, 0.3) is 5.91 Å². The Morgan fingerprint density at radius 2 is 2.17 bits per heavy atom. The van der Waals surface area contributed by atoms with E-state index in [2.05, 4.69) is 4.98 Å². The van der Waals surface area contributed by atoms with Gasteiger partial charge in [-0.05, 0) is 22.9 Å². The number of hydrogen-bond acceptors (Lipinski definition) is 5. The summed E-state index contributed by atoms with van der Waals surface area (Å²) in [5.74, 6) is -0.866. The molecule has 0 aliphatic carbocycles. The van der Waals surface area contributed by atoms with Crippen LogP contribution in [-0.4, -0.2) is 16.0 Å². The minimum atomic E-state index is -0.725. The lowest BCUT2D eigenvalue weighted by atomic mass is 10.1. The van der Waals surface area contributed by atoms with E-state index in [1.165, 1.54) is 11.3 Å². The molecule has 0 fully saturated rings. The molecular weight excluding hydrogens is 268 g/mol. The van der Waals surface area contributed by atoms with E-state index in [-0.39, 0.29) is 11.4 Å². The van der Waals surface area contributed by atoms with Crippen molar-refractivity contribution in [2.45, 2.75) is 0 Å². The summed E-state index contributed by atoms with van der Waals surface area (Å²) in [7, 11) is 0. The van der Waals surface area contributed by atoms with Crippen LogP contribution < -0.4 is 5.73 Å². The maximum Gasteiger partial charge on any atom is 0.271 e. The lowest BCUT2D eigenvalue weighted by Gasteiger charge is -2.06. The number of nitrogens with two attached hydrogens (primary N) is 1. The van der Waals surface area contributed by atoms with Gasteiger partial charge in [-0.1, -0.05) is 0 Å². The third-order valence-electron chi connectivity index (χ3n) is 2.61. The molecule has 1 amide bonds. The van der Waals surface area contributed by atoms with Gasteiger partial charge in [0.2, 0.25) is 0 Å². The van der Waals surface area contributed by atoms with Crippen molar-refractivity contribution in [1.29, 1.82) is 0 Å². The summed E-state index contributed by atoms with van der Waals surface area (Å²) in [5, 5.41) is 16.3. The second-order valence-corrected chi connectivity index (χ2v) is 5.39. The smallest absolute Gasteiger partial charge is 0.271 e. The Morgan fingerprint density at radius 1 is 1.33 bits per heavy atom. The van der Waals surface area contributed by atoms with E-state index in [9.17, 15) is 9.90 Å². The number of primary amides is 1. The zero-order valence-electron chi connectivity index (χ0n) is 9.08. The van der Waals surface area contributed by atoms with Crippen LogP contribution in [0.15, 0.2) is 28.3 Å². The Morgan fingerprint density at radius 3 is 2.83 bits per heavy atom. The number of carbonyl (C=O) groups excluding carboxylic acids is 1. The van der Waals surface area contributed by atoms with E-state index in [0.29, 0.717) is 11.1 Å². The van der Waals surface area contributed by atoms with Crippen molar-refractivity contribution in [2.75, 3.05) is 0 Å². The van der Waals surface area contributed by atoms with Crippen LogP contribution in [0.25, 0.3) is 21.3 Å².